The van der Waals surface area contributed by atoms with E-state index in [-0.39, 0.29) is 17.8 Å². The number of likely N-dealkylation sites (tertiary alicyclic amines) is 1. The van der Waals surface area contributed by atoms with Gasteiger partial charge in [0.25, 0.3) is 5.91 Å². The van der Waals surface area contributed by atoms with Crippen molar-refractivity contribution in [2.24, 2.45) is 11.3 Å². The number of benzene rings is 1. The van der Waals surface area contributed by atoms with E-state index in [1.54, 1.807) is 6.07 Å². The molecule has 2 fully saturated rings. The predicted octanol–water partition coefficient (Wildman–Crippen LogP) is 3.10. The first-order valence-corrected chi connectivity index (χ1v) is 12.2. The zero-order valence-corrected chi connectivity index (χ0v) is 20.1. The molecular formula is C25H37FN2O6. The highest BCUT2D eigenvalue weighted by Crippen LogP contribution is 2.54. The van der Waals surface area contributed by atoms with Crippen molar-refractivity contribution in [3.63, 3.8) is 0 Å². The number of rotatable bonds is 10. The van der Waals surface area contributed by atoms with Gasteiger partial charge in [-0.3, -0.25) is 4.79 Å². The fraction of sp³-hybridized carbons (Fsp3) is 0.680. The summed E-state index contributed by atoms with van der Waals surface area (Å²) in [4.78, 5) is 25.9. The molecule has 1 aliphatic heterocycles. The molecule has 1 aromatic carbocycles. The topological polar surface area (TPSA) is 108 Å². The minimum atomic E-state index is -0.831. The van der Waals surface area contributed by atoms with Crippen LogP contribution in [0.4, 0.5) is 9.18 Å². The van der Waals surface area contributed by atoms with Crippen LogP contribution in [0.2, 0.25) is 0 Å². The number of nitrogens with zero attached hydrogens (tertiary/aromatic N) is 1. The second-order valence-electron chi connectivity index (χ2n) is 9.86. The molecule has 0 atom stereocenters. The molecule has 3 rings (SSSR count). The smallest absolute Gasteiger partial charge is 0.410 e. The molecule has 190 valence electrons. The standard InChI is InChI=1S/C25H37FN2O6/c1-17(2)34-24(32)28-9-7-25(8-10-28)13-18(14-25)4-3-11-33-20-5-6-21(22(26)12-20)23(31)27-19(15-29)16-30/h5-6,12,17-19,29-30H,3-4,7-11,13-16H2,1-2H3,(H,27,31). The highest BCUT2D eigenvalue weighted by molar-refractivity contribution is 5.94. The van der Waals surface area contributed by atoms with Gasteiger partial charge >= 0.3 is 6.09 Å². The second kappa shape index (κ2) is 11.8. The van der Waals surface area contributed by atoms with Crippen LogP contribution in [0.1, 0.15) is 62.7 Å². The third kappa shape index (κ3) is 6.82. The summed E-state index contributed by atoms with van der Waals surface area (Å²) in [5.74, 6) is -0.389. The highest BCUT2D eigenvalue weighted by atomic mass is 19.1. The Morgan fingerprint density at radius 1 is 1.21 bits per heavy atom. The van der Waals surface area contributed by atoms with Gasteiger partial charge in [-0.05, 0) is 75.8 Å². The number of piperidine rings is 1. The van der Waals surface area contributed by atoms with Crippen molar-refractivity contribution < 1.29 is 33.7 Å². The number of aliphatic hydroxyl groups is 2. The number of ether oxygens (including phenoxy) is 2. The lowest BCUT2D eigenvalue weighted by Crippen LogP contribution is -2.49. The molecule has 1 saturated carbocycles. The minimum absolute atomic E-state index is 0.0934. The summed E-state index contributed by atoms with van der Waals surface area (Å²) in [6.45, 7) is 4.87. The van der Waals surface area contributed by atoms with Gasteiger partial charge in [0.2, 0.25) is 0 Å². The lowest BCUT2D eigenvalue weighted by atomic mass is 9.56. The first kappa shape index (κ1) is 26.2. The Labute approximate surface area is 200 Å². The average molecular weight is 481 g/mol. The van der Waals surface area contributed by atoms with Crippen molar-refractivity contribution in [2.75, 3.05) is 32.9 Å². The number of amides is 2. The van der Waals surface area contributed by atoms with Gasteiger partial charge in [-0.1, -0.05) is 0 Å². The van der Waals surface area contributed by atoms with E-state index in [1.807, 2.05) is 18.7 Å². The summed E-state index contributed by atoms with van der Waals surface area (Å²) in [6, 6.07) is 3.23. The highest BCUT2D eigenvalue weighted by Gasteiger charge is 2.46. The summed E-state index contributed by atoms with van der Waals surface area (Å²) in [5, 5.41) is 20.4. The Kier molecular flexibility index (Phi) is 9.13. The molecule has 0 unspecified atom stereocenters. The van der Waals surface area contributed by atoms with E-state index >= 15 is 0 Å². The number of aliphatic hydroxyl groups excluding tert-OH is 2. The Morgan fingerprint density at radius 3 is 2.47 bits per heavy atom. The van der Waals surface area contributed by atoms with Gasteiger partial charge in [-0.2, -0.15) is 0 Å². The molecule has 1 saturated heterocycles. The maximum Gasteiger partial charge on any atom is 0.410 e. The van der Waals surface area contributed by atoms with Crippen molar-refractivity contribution >= 4 is 12.0 Å². The normalized spacial score (nSPS) is 17.7. The van der Waals surface area contributed by atoms with Gasteiger partial charge in [-0.15, -0.1) is 0 Å². The lowest BCUT2D eigenvalue weighted by molar-refractivity contribution is -0.0203. The van der Waals surface area contributed by atoms with Crippen molar-refractivity contribution in [1.29, 1.82) is 0 Å². The molecule has 8 nitrogen and oxygen atoms in total. The Morgan fingerprint density at radius 2 is 1.88 bits per heavy atom. The van der Waals surface area contributed by atoms with Crippen LogP contribution >= 0.6 is 0 Å². The fourth-order valence-electron chi connectivity index (χ4n) is 4.96. The minimum Gasteiger partial charge on any atom is -0.493 e. The average Bonchev–Trinajstić information content (AvgIpc) is 2.78. The van der Waals surface area contributed by atoms with E-state index in [4.69, 9.17) is 19.7 Å². The summed E-state index contributed by atoms with van der Waals surface area (Å²) >= 11 is 0. The summed E-state index contributed by atoms with van der Waals surface area (Å²) in [7, 11) is 0. The zero-order valence-electron chi connectivity index (χ0n) is 20.1. The third-order valence-electron chi connectivity index (χ3n) is 6.85. The molecular weight excluding hydrogens is 443 g/mol. The third-order valence-corrected chi connectivity index (χ3v) is 6.85. The number of hydrogen-bond acceptors (Lipinski definition) is 6. The van der Waals surface area contributed by atoms with Crippen LogP contribution in [-0.2, 0) is 4.74 Å². The molecule has 0 bridgehead atoms. The summed E-state index contributed by atoms with van der Waals surface area (Å²) < 4.78 is 25.3. The quantitative estimate of drug-likeness (QED) is 0.444. The maximum absolute atomic E-state index is 14.3. The molecule has 34 heavy (non-hydrogen) atoms. The van der Waals surface area contributed by atoms with Gasteiger partial charge in [0, 0.05) is 19.2 Å². The number of hydrogen-bond donors (Lipinski definition) is 3. The van der Waals surface area contributed by atoms with Gasteiger partial charge in [0.05, 0.1) is 37.5 Å². The molecule has 1 heterocycles. The van der Waals surface area contributed by atoms with Crippen LogP contribution in [0.3, 0.4) is 0 Å². The number of nitrogens with one attached hydrogen (secondary N) is 1. The van der Waals surface area contributed by atoms with Crippen molar-refractivity contribution in [3.05, 3.63) is 29.6 Å². The predicted molar refractivity (Wildman–Crippen MR) is 124 cm³/mol. The van der Waals surface area contributed by atoms with E-state index in [0.29, 0.717) is 23.7 Å². The zero-order chi connectivity index (χ0) is 24.7. The van der Waals surface area contributed by atoms with Crippen molar-refractivity contribution in [3.8, 4) is 5.75 Å². The Bertz CT molecular complexity index is 829. The van der Waals surface area contributed by atoms with E-state index < -0.39 is 31.0 Å². The van der Waals surface area contributed by atoms with Crippen LogP contribution in [0.5, 0.6) is 5.75 Å². The molecule has 1 aliphatic carbocycles. The largest absolute Gasteiger partial charge is 0.493 e. The van der Waals surface area contributed by atoms with E-state index in [0.717, 1.165) is 38.8 Å². The van der Waals surface area contributed by atoms with E-state index in [2.05, 4.69) is 5.32 Å². The van der Waals surface area contributed by atoms with Gasteiger partial charge in [0.15, 0.2) is 0 Å². The molecule has 1 aromatic rings. The van der Waals surface area contributed by atoms with Crippen LogP contribution < -0.4 is 10.1 Å². The van der Waals surface area contributed by atoms with Crippen molar-refractivity contribution in [2.45, 2.75) is 64.5 Å². The molecule has 3 N–H and O–H groups in total. The lowest BCUT2D eigenvalue weighted by Gasteiger charge is -2.52. The van der Waals surface area contributed by atoms with Crippen LogP contribution in [-0.4, -0.2) is 72.2 Å². The maximum atomic E-state index is 14.3. The fourth-order valence-corrected chi connectivity index (χ4v) is 4.96. The molecule has 0 aromatic heterocycles. The number of carbonyl (C=O) groups excluding carboxylic acids is 2. The van der Waals surface area contributed by atoms with Crippen LogP contribution in [0, 0.1) is 17.2 Å². The number of halogens is 1. The molecule has 9 heteroatoms. The van der Waals surface area contributed by atoms with Gasteiger partial charge < -0.3 is 29.9 Å². The van der Waals surface area contributed by atoms with Crippen molar-refractivity contribution in [1.82, 2.24) is 10.2 Å². The van der Waals surface area contributed by atoms with Gasteiger partial charge in [-0.25, -0.2) is 9.18 Å². The molecule has 1 spiro atoms. The monoisotopic (exact) mass is 480 g/mol. The number of carbonyl (C=O) groups is 2. The van der Waals surface area contributed by atoms with E-state index in [9.17, 15) is 14.0 Å². The summed E-state index contributed by atoms with van der Waals surface area (Å²) in [5.41, 5.74) is 0.201. The molecule has 2 aliphatic rings. The Balaban J connectivity index is 1.34. The molecule has 2 amide bonds. The second-order valence-corrected chi connectivity index (χ2v) is 9.86. The SMILES string of the molecule is CC(C)OC(=O)N1CCC2(CC1)CC(CCCOc1ccc(C(=O)NC(CO)CO)c(F)c1)C2. The van der Waals surface area contributed by atoms with E-state index in [1.165, 1.54) is 25.0 Å². The van der Waals surface area contributed by atoms with Crippen LogP contribution in [0.15, 0.2) is 18.2 Å². The van der Waals surface area contributed by atoms with Crippen LogP contribution in [0.25, 0.3) is 0 Å². The Hall–Kier alpha value is -2.39. The molecule has 0 radical (unpaired) electrons. The first-order valence-electron chi connectivity index (χ1n) is 12.2. The first-order chi connectivity index (χ1) is 16.2. The van der Waals surface area contributed by atoms with Gasteiger partial charge in [0.1, 0.15) is 11.6 Å². The summed E-state index contributed by atoms with van der Waals surface area (Å²) in [6.07, 6.45) is 6.04.